The van der Waals surface area contributed by atoms with Gasteiger partial charge >= 0.3 is 0 Å². The van der Waals surface area contributed by atoms with Crippen LogP contribution in [0.3, 0.4) is 0 Å². The lowest BCUT2D eigenvalue weighted by molar-refractivity contribution is -0.133. The van der Waals surface area contributed by atoms with E-state index < -0.39 is 6.04 Å². The summed E-state index contributed by atoms with van der Waals surface area (Å²) in [5, 5.41) is 0.843. The van der Waals surface area contributed by atoms with Crippen LogP contribution in [0.5, 0.6) is 0 Å². The molecule has 2 aromatic carbocycles. The van der Waals surface area contributed by atoms with Gasteiger partial charge in [0.2, 0.25) is 5.91 Å². The van der Waals surface area contributed by atoms with Gasteiger partial charge < -0.3 is 9.47 Å². The van der Waals surface area contributed by atoms with Crippen molar-refractivity contribution >= 4 is 40.1 Å². The monoisotopic (exact) mass is 419 g/mol. The first-order chi connectivity index (χ1) is 13.4. The summed E-state index contributed by atoms with van der Waals surface area (Å²) in [7, 11) is 0. The molecule has 7 heteroatoms. The third kappa shape index (κ3) is 3.61. The first kappa shape index (κ1) is 19.2. The maximum absolute atomic E-state index is 13.3. The SMILES string of the molecule is CC(C(=O)N1CCCC1)n1c(Cc2ccc(F)cc2)nc2cc(Cl)c(Cl)cc21. The van der Waals surface area contributed by atoms with Crippen LogP contribution in [0.15, 0.2) is 36.4 Å². The number of hydrogen-bond acceptors (Lipinski definition) is 2. The molecular formula is C21H20Cl2FN3O. The van der Waals surface area contributed by atoms with Crippen LogP contribution in [0.25, 0.3) is 11.0 Å². The van der Waals surface area contributed by atoms with Crippen molar-refractivity contribution in [1.29, 1.82) is 0 Å². The zero-order valence-electron chi connectivity index (χ0n) is 15.5. The molecule has 0 radical (unpaired) electrons. The van der Waals surface area contributed by atoms with Crippen LogP contribution in [0.2, 0.25) is 10.0 Å². The number of aromatic nitrogens is 2. The van der Waals surface area contributed by atoms with Crippen molar-refractivity contribution in [2.75, 3.05) is 13.1 Å². The predicted molar refractivity (Wildman–Crippen MR) is 109 cm³/mol. The number of carbonyl (C=O) groups is 1. The minimum Gasteiger partial charge on any atom is -0.341 e. The number of amides is 1. The van der Waals surface area contributed by atoms with Gasteiger partial charge in [0.05, 0.1) is 21.1 Å². The number of carbonyl (C=O) groups excluding carboxylic acids is 1. The van der Waals surface area contributed by atoms with Gasteiger partial charge in [0.15, 0.2) is 0 Å². The smallest absolute Gasteiger partial charge is 0.245 e. The van der Waals surface area contributed by atoms with Gasteiger partial charge in [-0.2, -0.15) is 0 Å². The molecule has 0 bridgehead atoms. The Morgan fingerprint density at radius 2 is 1.79 bits per heavy atom. The van der Waals surface area contributed by atoms with Crippen LogP contribution in [-0.4, -0.2) is 33.4 Å². The van der Waals surface area contributed by atoms with Gasteiger partial charge in [-0.25, -0.2) is 9.37 Å². The number of fused-ring (bicyclic) bond motifs is 1. The van der Waals surface area contributed by atoms with E-state index in [1.54, 1.807) is 24.3 Å². The molecule has 3 aromatic rings. The van der Waals surface area contributed by atoms with Gasteiger partial charge in [-0.1, -0.05) is 35.3 Å². The van der Waals surface area contributed by atoms with E-state index in [1.165, 1.54) is 12.1 Å². The second kappa shape index (κ2) is 7.72. The molecule has 1 aliphatic heterocycles. The summed E-state index contributed by atoms with van der Waals surface area (Å²) < 4.78 is 15.2. The quantitative estimate of drug-likeness (QED) is 0.578. The Morgan fingerprint density at radius 1 is 1.14 bits per heavy atom. The highest BCUT2D eigenvalue weighted by atomic mass is 35.5. The molecule has 0 saturated carbocycles. The molecule has 1 saturated heterocycles. The van der Waals surface area contributed by atoms with Crippen molar-refractivity contribution in [3.63, 3.8) is 0 Å². The Hall–Kier alpha value is -2.11. The largest absolute Gasteiger partial charge is 0.341 e. The molecule has 0 spiro atoms. The second-order valence-corrected chi connectivity index (χ2v) is 7.98. The lowest BCUT2D eigenvalue weighted by Gasteiger charge is -2.23. The molecule has 1 aromatic heterocycles. The lowest BCUT2D eigenvalue weighted by Crippen LogP contribution is -2.34. The molecular weight excluding hydrogens is 400 g/mol. The Bertz CT molecular complexity index is 1030. The zero-order chi connectivity index (χ0) is 19.8. The number of halogens is 3. The highest BCUT2D eigenvalue weighted by molar-refractivity contribution is 6.42. The number of benzene rings is 2. The second-order valence-electron chi connectivity index (χ2n) is 7.16. The summed E-state index contributed by atoms with van der Waals surface area (Å²) in [5.74, 6) is 0.511. The molecule has 1 aliphatic rings. The van der Waals surface area contributed by atoms with E-state index in [2.05, 4.69) is 0 Å². The summed E-state index contributed by atoms with van der Waals surface area (Å²) in [6.45, 7) is 3.46. The Morgan fingerprint density at radius 3 is 2.46 bits per heavy atom. The fourth-order valence-electron chi connectivity index (χ4n) is 3.79. The van der Waals surface area contributed by atoms with Crippen molar-refractivity contribution in [3.05, 3.63) is 63.6 Å². The average Bonchev–Trinajstić information content (AvgIpc) is 3.31. The van der Waals surface area contributed by atoms with E-state index >= 15 is 0 Å². The van der Waals surface area contributed by atoms with Gasteiger partial charge in [0.25, 0.3) is 0 Å². The number of nitrogens with zero attached hydrogens (tertiary/aromatic N) is 3. The first-order valence-electron chi connectivity index (χ1n) is 9.33. The van der Waals surface area contributed by atoms with Gasteiger partial charge in [0.1, 0.15) is 17.7 Å². The van der Waals surface area contributed by atoms with Crippen LogP contribution in [0.4, 0.5) is 4.39 Å². The third-order valence-corrected chi connectivity index (χ3v) is 5.96. The molecule has 2 heterocycles. The molecule has 4 nitrogen and oxygen atoms in total. The van der Waals surface area contributed by atoms with Crippen LogP contribution in [-0.2, 0) is 11.2 Å². The Balaban J connectivity index is 1.79. The molecule has 0 aliphatic carbocycles. The highest BCUT2D eigenvalue weighted by Gasteiger charge is 2.28. The Labute approximate surface area is 172 Å². The van der Waals surface area contributed by atoms with Crippen LogP contribution in [0.1, 0.15) is 37.2 Å². The summed E-state index contributed by atoms with van der Waals surface area (Å²) in [4.78, 5) is 19.7. The van der Waals surface area contributed by atoms with E-state index in [1.807, 2.05) is 16.4 Å². The van der Waals surface area contributed by atoms with Crippen LogP contribution in [0, 0.1) is 5.82 Å². The van der Waals surface area contributed by atoms with Crippen molar-refractivity contribution in [3.8, 4) is 0 Å². The molecule has 0 N–H and O–H groups in total. The molecule has 1 unspecified atom stereocenters. The van der Waals surface area contributed by atoms with Crippen LogP contribution < -0.4 is 0 Å². The maximum atomic E-state index is 13.3. The summed E-state index contributed by atoms with van der Waals surface area (Å²) >= 11 is 12.4. The molecule has 4 rings (SSSR count). The molecule has 1 fully saturated rings. The van der Waals surface area contributed by atoms with Crippen molar-refractivity contribution in [2.45, 2.75) is 32.2 Å². The minimum absolute atomic E-state index is 0.0724. The van der Waals surface area contributed by atoms with E-state index in [-0.39, 0.29) is 11.7 Å². The van der Waals surface area contributed by atoms with Gasteiger partial charge in [-0.15, -0.1) is 0 Å². The fourth-order valence-corrected chi connectivity index (χ4v) is 4.11. The van der Waals surface area contributed by atoms with E-state index in [0.29, 0.717) is 22.0 Å². The van der Waals surface area contributed by atoms with E-state index in [0.717, 1.165) is 42.8 Å². The van der Waals surface area contributed by atoms with Gasteiger partial charge in [-0.05, 0) is 49.6 Å². The van der Waals surface area contributed by atoms with E-state index in [9.17, 15) is 9.18 Å². The Kier molecular flexibility index (Phi) is 5.30. The molecule has 1 atom stereocenters. The first-order valence-corrected chi connectivity index (χ1v) is 10.1. The average molecular weight is 420 g/mol. The number of hydrogen-bond donors (Lipinski definition) is 0. The number of imidazole rings is 1. The summed E-state index contributed by atoms with van der Waals surface area (Å²) in [6, 6.07) is 9.36. The molecule has 146 valence electrons. The van der Waals surface area contributed by atoms with Crippen molar-refractivity contribution in [2.24, 2.45) is 0 Å². The number of rotatable bonds is 4. The fraction of sp³-hybridized carbons (Fsp3) is 0.333. The number of likely N-dealkylation sites (tertiary alicyclic amines) is 1. The van der Waals surface area contributed by atoms with Gasteiger partial charge in [-0.3, -0.25) is 4.79 Å². The van der Waals surface area contributed by atoms with Gasteiger partial charge in [0, 0.05) is 19.5 Å². The predicted octanol–water partition coefficient (Wildman–Crippen LogP) is 5.26. The molecule has 1 amide bonds. The van der Waals surface area contributed by atoms with Crippen molar-refractivity contribution in [1.82, 2.24) is 14.5 Å². The topological polar surface area (TPSA) is 38.1 Å². The summed E-state index contributed by atoms with van der Waals surface area (Å²) in [5.41, 5.74) is 2.37. The maximum Gasteiger partial charge on any atom is 0.245 e. The third-order valence-electron chi connectivity index (χ3n) is 5.24. The van der Waals surface area contributed by atoms with E-state index in [4.69, 9.17) is 28.2 Å². The zero-order valence-corrected chi connectivity index (χ0v) is 17.0. The minimum atomic E-state index is -0.421. The van der Waals surface area contributed by atoms with Crippen LogP contribution >= 0.6 is 23.2 Å². The highest BCUT2D eigenvalue weighted by Crippen LogP contribution is 2.31. The standard InChI is InChI=1S/C21H20Cl2FN3O/c1-13(21(28)26-8-2-3-9-26)27-19-12-17(23)16(22)11-18(19)25-20(27)10-14-4-6-15(24)7-5-14/h4-7,11-13H,2-3,8-10H2,1H3. The lowest BCUT2D eigenvalue weighted by atomic mass is 10.1. The van der Waals surface area contributed by atoms with Crippen molar-refractivity contribution < 1.29 is 9.18 Å². The molecule has 28 heavy (non-hydrogen) atoms. The normalized spacial score (nSPS) is 15.4. The summed E-state index contributed by atoms with van der Waals surface area (Å²) in [6.07, 6.45) is 2.54.